The Bertz CT molecular complexity index is 2520. The Morgan fingerprint density at radius 3 is 1.11 bits per heavy atom. The first-order valence-electron chi connectivity index (χ1n) is 20.0. The van der Waals surface area contributed by atoms with Gasteiger partial charge in [0.25, 0.3) is 0 Å². The summed E-state index contributed by atoms with van der Waals surface area (Å²) in [6.07, 6.45) is 0. The molecule has 6 aromatic rings. The summed E-state index contributed by atoms with van der Waals surface area (Å²) >= 11 is 7.45. The molecular weight excluding hydrogens is 912 g/mol. The fourth-order valence-corrected chi connectivity index (χ4v) is 9.27. The van der Waals surface area contributed by atoms with Gasteiger partial charge in [0.2, 0.25) is 0 Å². The number of nitrogens with zero attached hydrogens (tertiary/aromatic N) is 4. The van der Waals surface area contributed by atoms with Crippen molar-refractivity contribution in [1.29, 1.82) is 0 Å². The summed E-state index contributed by atoms with van der Waals surface area (Å²) in [5.41, 5.74) is 11.8. The molecule has 2 aliphatic rings. The monoisotopic (exact) mass is 960 g/mol. The first-order valence-corrected chi connectivity index (χ1v) is 21.5. The second-order valence-electron chi connectivity index (χ2n) is 16.0. The van der Waals surface area contributed by atoms with Crippen molar-refractivity contribution in [3.63, 3.8) is 0 Å². The predicted molar refractivity (Wildman–Crippen MR) is 256 cm³/mol. The number of methoxy groups -OCH3 is 2. The summed E-state index contributed by atoms with van der Waals surface area (Å²) < 4.78 is 24.5. The zero-order valence-electron chi connectivity index (χ0n) is 36.5. The summed E-state index contributed by atoms with van der Waals surface area (Å²) in [7, 11) is 18.9. The summed E-state index contributed by atoms with van der Waals surface area (Å²) in [4.78, 5) is 32.0. The van der Waals surface area contributed by atoms with Gasteiger partial charge >= 0.3 is 11.9 Å². The highest BCUT2D eigenvalue weighted by Crippen LogP contribution is 2.52. The molecule has 0 amide bonds. The van der Waals surface area contributed by atoms with Crippen LogP contribution in [0.4, 0.5) is 22.7 Å². The number of esters is 2. The first-order chi connectivity index (χ1) is 29.6. The van der Waals surface area contributed by atoms with Crippen molar-refractivity contribution in [3.8, 4) is 23.0 Å². The molecule has 62 heavy (non-hydrogen) atoms. The summed E-state index contributed by atoms with van der Waals surface area (Å²) in [5, 5.41) is 0. The van der Waals surface area contributed by atoms with Gasteiger partial charge in [0.05, 0.1) is 36.7 Å². The largest absolute Gasteiger partial charge is 0.465 e. The van der Waals surface area contributed by atoms with E-state index in [9.17, 15) is 9.59 Å². The summed E-state index contributed by atoms with van der Waals surface area (Å²) in [5.74, 6) is 2.63. The number of carbonyl (C=O) groups excluding carboxylic acids is 2. The van der Waals surface area contributed by atoms with E-state index in [1.807, 2.05) is 105 Å². The highest BCUT2D eigenvalue weighted by Gasteiger charge is 2.32. The zero-order valence-corrected chi connectivity index (χ0v) is 39.7. The normalized spacial score (nSPS) is 12.5. The fourth-order valence-electron chi connectivity index (χ4n) is 7.83. The van der Waals surface area contributed by atoms with Gasteiger partial charge in [-0.25, -0.2) is 9.59 Å². The van der Waals surface area contributed by atoms with Crippen LogP contribution >= 0.6 is 31.9 Å². The molecule has 0 fully saturated rings. The van der Waals surface area contributed by atoms with E-state index in [-0.39, 0.29) is 23.8 Å². The SMILES string of the molecule is COC(=O)c1ccc(C2c3cc(Br)c(N(C)C)cc3Oc3cc(N(C)C)c(Br)cc32)cc1.COC(=O)c1ccc(C2c3ccc(N(C)C)cc3Oc3cc(N(C)C)ccc32)cc1. The van der Waals surface area contributed by atoms with E-state index in [0.717, 1.165) is 88.1 Å². The van der Waals surface area contributed by atoms with Gasteiger partial charge in [-0.1, -0.05) is 36.4 Å². The number of halogens is 2. The second kappa shape index (κ2) is 18.2. The van der Waals surface area contributed by atoms with Crippen molar-refractivity contribution in [1.82, 2.24) is 0 Å². The average molecular weight is 963 g/mol. The molecule has 2 heterocycles. The maximum atomic E-state index is 11.9. The Kier molecular flexibility index (Phi) is 12.9. The van der Waals surface area contributed by atoms with Crippen molar-refractivity contribution in [2.45, 2.75) is 11.8 Å². The van der Waals surface area contributed by atoms with Gasteiger partial charge in [-0.15, -0.1) is 0 Å². The molecule has 320 valence electrons. The van der Waals surface area contributed by atoms with Crippen LogP contribution in [0.1, 0.15) is 65.9 Å². The molecule has 0 atom stereocenters. The van der Waals surface area contributed by atoms with Crippen LogP contribution in [0.25, 0.3) is 0 Å². The lowest BCUT2D eigenvalue weighted by Gasteiger charge is -2.31. The van der Waals surface area contributed by atoms with Crippen molar-refractivity contribution in [3.05, 3.63) is 163 Å². The van der Waals surface area contributed by atoms with Crippen LogP contribution in [0.15, 0.2) is 118 Å². The minimum absolute atomic E-state index is 0.0165. The summed E-state index contributed by atoms with van der Waals surface area (Å²) in [6.45, 7) is 0. The van der Waals surface area contributed by atoms with Gasteiger partial charge in [-0.2, -0.15) is 0 Å². The van der Waals surface area contributed by atoms with E-state index in [1.165, 1.54) is 14.2 Å². The molecule has 0 N–H and O–H groups in total. The van der Waals surface area contributed by atoms with Crippen LogP contribution in [0.2, 0.25) is 0 Å². The number of benzene rings is 6. The van der Waals surface area contributed by atoms with E-state index < -0.39 is 0 Å². The third-order valence-electron chi connectivity index (χ3n) is 11.2. The lowest BCUT2D eigenvalue weighted by atomic mass is 9.82. The minimum Gasteiger partial charge on any atom is -0.465 e. The topological polar surface area (TPSA) is 84.0 Å². The van der Waals surface area contributed by atoms with Gasteiger partial charge in [0.15, 0.2) is 0 Å². The fraction of sp³-hybridized carbons (Fsp3) is 0.240. The van der Waals surface area contributed by atoms with Crippen molar-refractivity contribution in [2.24, 2.45) is 0 Å². The van der Waals surface area contributed by atoms with Crippen LogP contribution in [0.3, 0.4) is 0 Å². The van der Waals surface area contributed by atoms with Crippen LogP contribution in [0, 0.1) is 0 Å². The van der Waals surface area contributed by atoms with E-state index in [4.69, 9.17) is 18.9 Å². The molecule has 0 saturated heterocycles. The first kappa shape index (κ1) is 44.1. The lowest BCUT2D eigenvalue weighted by Crippen LogP contribution is -2.16. The van der Waals surface area contributed by atoms with Crippen LogP contribution < -0.4 is 29.1 Å². The Balaban J connectivity index is 0.000000187. The number of hydrogen-bond acceptors (Lipinski definition) is 10. The number of ether oxygens (including phenoxy) is 4. The van der Waals surface area contributed by atoms with Gasteiger partial charge in [-0.3, -0.25) is 0 Å². The van der Waals surface area contributed by atoms with E-state index >= 15 is 0 Å². The molecule has 12 heteroatoms. The maximum absolute atomic E-state index is 11.9. The Hall–Kier alpha value is -5.98. The second-order valence-corrected chi connectivity index (χ2v) is 17.7. The maximum Gasteiger partial charge on any atom is 0.337 e. The molecule has 0 aromatic heterocycles. The lowest BCUT2D eigenvalue weighted by molar-refractivity contribution is 0.0592. The van der Waals surface area contributed by atoms with Crippen molar-refractivity contribution < 1.29 is 28.5 Å². The molecule has 0 saturated carbocycles. The van der Waals surface area contributed by atoms with E-state index in [1.54, 1.807) is 0 Å². The molecule has 6 aromatic carbocycles. The smallest absolute Gasteiger partial charge is 0.337 e. The average Bonchev–Trinajstić information content (AvgIpc) is 3.26. The number of hydrogen-bond donors (Lipinski definition) is 0. The predicted octanol–water partition coefficient (Wildman–Crippen LogP) is 11.3. The van der Waals surface area contributed by atoms with Crippen LogP contribution in [-0.4, -0.2) is 82.5 Å². The van der Waals surface area contributed by atoms with Crippen molar-refractivity contribution >= 4 is 66.5 Å². The standard InChI is InChI=1S/C25H24Br2N2O3.C25H26N2O3/c1-28(2)20-12-22-16(10-18(20)26)24(14-6-8-15(9-7-14)25(30)31-5)17-11-19(27)21(29(3)4)13-23(17)32-22;1-26(2)18-10-12-20-22(14-18)30-23-15-19(27(3)4)11-13-21(23)24(20)16-6-8-17(9-7-16)25(28)29-5/h6-13,24H,1-5H3;6-15,24H,1-5H3. The number of rotatable bonds is 8. The number of anilines is 4. The van der Waals surface area contributed by atoms with Crippen molar-refractivity contribution in [2.75, 3.05) is 90.2 Å². The molecule has 2 aliphatic heterocycles. The summed E-state index contributed by atoms with van der Waals surface area (Å²) in [6, 6.07) is 36.2. The van der Waals surface area contributed by atoms with Crippen LogP contribution in [-0.2, 0) is 9.47 Å². The van der Waals surface area contributed by atoms with Gasteiger partial charge in [-0.05, 0) is 91.5 Å². The number of carbonyl (C=O) groups is 2. The number of fused-ring (bicyclic) bond motifs is 4. The molecule has 0 unspecified atom stereocenters. The Morgan fingerprint density at radius 2 is 0.790 bits per heavy atom. The minimum atomic E-state index is -0.346. The Labute approximate surface area is 380 Å². The molecule has 0 spiro atoms. The molecule has 8 rings (SSSR count). The van der Waals surface area contributed by atoms with E-state index in [2.05, 4.69) is 112 Å². The molecule has 0 radical (unpaired) electrons. The van der Waals surface area contributed by atoms with Gasteiger partial charge in [0, 0.05) is 135 Å². The molecule has 10 nitrogen and oxygen atoms in total. The third-order valence-corrected chi connectivity index (χ3v) is 12.4. The van der Waals surface area contributed by atoms with E-state index in [0.29, 0.717) is 11.1 Å². The third kappa shape index (κ3) is 8.71. The quantitative estimate of drug-likeness (QED) is 0.137. The molecular formula is C50H50Br2N4O6. The Morgan fingerprint density at radius 1 is 0.452 bits per heavy atom. The molecule has 0 bridgehead atoms. The zero-order chi connectivity index (χ0) is 44.6. The van der Waals surface area contributed by atoms with Gasteiger partial charge in [0.1, 0.15) is 23.0 Å². The van der Waals surface area contributed by atoms with Gasteiger partial charge < -0.3 is 38.5 Å². The highest BCUT2D eigenvalue weighted by molar-refractivity contribution is 9.11. The highest BCUT2D eigenvalue weighted by atomic mass is 79.9. The van der Waals surface area contributed by atoms with Crippen LogP contribution in [0.5, 0.6) is 23.0 Å². The molecule has 0 aliphatic carbocycles.